The Morgan fingerprint density at radius 2 is 1.52 bits per heavy atom. The minimum absolute atomic E-state index is 0.105. The standard InChI is InChI=1S/C26H32O7/c1-26(2)32-23(17-30-16-20-11-7-4-8-12-20)24(33-26)18-31-22(21(27)15-25(28)29)14-13-19-9-5-3-6-10-19/h3-12,22-24H,13-18H2,1-2H3,(H,28,29). The highest BCUT2D eigenvalue weighted by Gasteiger charge is 2.42. The number of Topliss-reactive ketones (excluding diaryl/α,β-unsaturated/α-hetero) is 1. The molecule has 3 atom stereocenters. The molecule has 0 amide bonds. The van der Waals surface area contributed by atoms with Gasteiger partial charge in [-0.3, -0.25) is 9.59 Å². The Hall–Kier alpha value is -2.58. The van der Waals surface area contributed by atoms with Crippen LogP contribution in [-0.4, -0.2) is 54.2 Å². The fraction of sp³-hybridized carbons (Fsp3) is 0.462. The van der Waals surface area contributed by atoms with Crippen molar-refractivity contribution in [1.82, 2.24) is 0 Å². The molecule has 0 radical (unpaired) electrons. The van der Waals surface area contributed by atoms with E-state index in [2.05, 4.69) is 0 Å². The van der Waals surface area contributed by atoms with Crippen molar-refractivity contribution >= 4 is 11.8 Å². The highest BCUT2D eigenvalue weighted by molar-refractivity contribution is 5.97. The van der Waals surface area contributed by atoms with Gasteiger partial charge >= 0.3 is 5.97 Å². The lowest BCUT2D eigenvalue weighted by atomic mass is 10.0. The van der Waals surface area contributed by atoms with Crippen LogP contribution in [0.5, 0.6) is 0 Å². The molecule has 1 fully saturated rings. The van der Waals surface area contributed by atoms with Gasteiger partial charge in [0.15, 0.2) is 11.6 Å². The quantitative estimate of drug-likeness (QED) is 0.459. The number of hydrogen-bond acceptors (Lipinski definition) is 6. The van der Waals surface area contributed by atoms with Gasteiger partial charge in [-0.2, -0.15) is 0 Å². The molecule has 1 N–H and O–H groups in total. The van der Waals surface area contributed by atoms with Crippen LogP contribution in [0, 0.1) is 0 Å². The summed E-state index contributed by atoms with van der Waals surface area (Å²) in [6.45, 7) is 4.50. The minimum Gasteiger partial charge on any atom is -0.481 e. The Morgan fingerprint density at radius 1 is 0.939 bits per heavy atom. The number of carboxylic acids is 1. The van der Waals surface area contributed by atoms with E-state index in [1.54, 1.807) is 0 Å². The fourth-order valence-electron chi connectivity index (χ4n) is 3.81. The van der Waals surface area contributed by atoms with Crippen LogP contribution in [0.15, 0.2) is 60.7 Å². The van der Waals surface area contributed by atoms with Gasteiger partial charge in [-0.05, 0) is 37.8 Å². The third kappa shape index (κ3) is 8.37. The van der Waals surface area contributed by atoms with Crippen molar-refractivity contribution in [2.24, 2.45) is 0 Å². The summed E-state index contributed by atoms with van der Waals surface area (Å²) >= 11 is 0. The first-order valence-corrected chi connectivity index (χ1v) is 11.2. The topological polar surface area (TPSA) is 91.3 Å². The number of aryl methyl sites for hydroxylation is 1. The normalized spacial score (nSPS) is 20.4. The maximum Gasteiger partial charge on any atom is 0.310 e. The van der Waals surface area contributed by atoms with Gasteiger partial charge in [0.2, 0.25) is 0 Å². The van der Waals surface area contributed by atoms with E-state index < -0.39 is 36.2 Å². The second kappa shape index (κ2) is 12.0. The number of carbonyl (C=O) groups is 2. The van der Waals surface area contributed by atoms with Crippen LogP contribution in [0.2, 0.25) is 0 Å². The molecule has 1 heterocycles. The average Bonchev–Trinajstić information content (AvgIpc) is 3.08. The third-order valence-corrected chi connectivity index (χ3v) is 5.36. The van der Waals surface area contributed by atoms with Crippen molar-refractivity contribution in [3.63, 3.8) is 0 Å². The summed E-state index contributed by atoms with van der Waals surface area (Å²) < 4.78 is 23.7. The molecule has 1 aliphatic rings. The maximum atomic E-state index is 12.5. The molecule has 2 aromatic carbocycles. The number of hydrogen-bond donors (Lipinski definition) is 1. The molecule has 0 spiro atoms. The van der Waals surface area contributed by atoms with E-state index >= 15 is 0 Å². The molecule has 1 saturated heterocycles. The summed E-state index contributed by atoms with van der Waals surface area (Å²) in [5.74, 6) is -2.42. The lowest BCUT2D eigenvalue weighted by molar-refractivity contribution is -0.157. The largest absolute Gasteiger partial charge is 0.481 e. The van der Waals surface area contributed by atoms with Crippen molar-refractivity contribution in [2.45, 2.75) is 63.8 Å². The predicted octanol–water partition coefficient (Wildman–Crippen LogP) is 3.79. The fourth-order valence-corrected chi connectivity index (χ4v) is 3.81. The van der Waals surface area contributed by atoms with Crippen molar-refractivity contribution < 1.29 is 33.6 Å². The molecule has 0 saturated carbocycles. The summed E-state index contributed by atoms with van der Waals surface area (Å²) in [7, 11) is 0. The zero-order valence-electron chi connectivity index (χ0n) is 19.1. The van der Waals surface area contributed by atoms with Gasteiger partial charge in [-0.25, -0.2) is 0 Å². The SMILES string of the molecule is CC1(C)OC(COCc2ccccc2)C(COC(CCc2ccccc2)C(=O)CC(=O)O)O1. The van der Waals surface area contributed by atoms with Crippen molar-refractivity contribution in [1.29, 1.82) is 0 Å². The van der Waals surface area contributed by atoms with E-state index in [0.717, 1.165) is 11.1 Å². The van der Waals surface area contributed by atoms with Crippen LogP contribution in [0.25, 0.3) is 0 Å². The first-order valence-electron chi connectivity index (χ1n) is 11.2. The van der Waals surface area contributed by atoms with E-state index in [0.29, 0.717) is 26.1 Å². The molecule has 0 aliphatic carbocycles. The summed E-state index contributed by atoms with van der Waals surface area (Å²) in [4.78, 5) is 23.6. The Balaban J connectivity index is 1.57. The second-order valence-corrected chi connectivity index (χ2v) is 8.60. The van der Waals surface area contributed by atoms with E-state index in [1.165, 1.54) is 0 Å². The maximum absolute atomic E-state index is 12.5. The Labute approximate surface area is 194 Å². The first kappa shape index (κ1) is 25.1. The van der Waals surface area contributed by atoms with Gasteiger partial charge in [-0.1, -0.05) is 60.7 Å². The van der Waals surface area contributed by atoms with E-state index in [4.69, 9.17) is 24.1 Å². The van der Waals surface area contributed by atoms with Crippen LogP contribution < -0.4 is 0 Å². The molecule has 1 aliphatic heterocycles. The molecule has 0 aromatic heterocycles. The van der Waals surface area contributed by atoms with E-state index in [1.807, 2.05) is 74.5 Å². The third-order valence-electron chi connectivity index (χ3n) is 5.36. The van der Waals surface area contributed by atoms with E-state index in [-0.39, 0.29) is 12.7 Å². The van der Waals surface area contributed by atoms with Crippen LogP contribution >= 0.6 is 0 Å². The zero-order valence-corrected chi connectivity index (χ0v) is 19.1. The lowest BCUT2D eigenvalue weighted by Crippen LogP contribution is -2.36. The molecular weight excluding hydrogens is 424 g/mol. The molecular formula is C26H32O7. The lowest BCUT2D eigenvalue weighted by Gasteiger charge is -2.21. The van der Waals surface area contributed by atoms with Gasteiger partial charge in [-0.15, -0.1) is 0 Å². The summed E-state index contributed by atoms with van der Waals surface area (Å²) in [6.07, 6.45) is -1.22. The van der Waals surface area contributed by atoms with E-state index in [9.17, 15) is 9.59 Å². The van der Waals surface area contributed by atoms with Gasteiger partial charge in [0.1, 0.15) is 24.7 Å². The van der Waals surface area contributed by atoms with Crippen LogP contribution in [0.4, 0.5) is 0 Å². The second-order valence-electron chi connectivity index (χ2n) is 8.60. The number of benzene rings is 2. The highest BCUT2D eigenvalue weighted by Crippen LogP contribution is 2.29. The number of carboxylic acid groups (broad SMARTS) is 1. The minimum atomic E-state index is -1.16. The summed E-state index contributed by atoms with van der Waals surface area (Å²) in [5, 5.41) is 9.06. The molecule has 0 bridgehead atoms. The molecule has 3 unspecified atom stereocenters. The zero-order chi connectivity index (χ0) is 23.7. The average molecular weight is 457 g/mol. The summed E-state index contributed by atoms with van der Waals surface area (Å²) in [5.41, 5.74) is 2.12. The number of rotatable bonds is 13. The van der Waals surface area contributed by atoms with Crippen LogP contribution in [0.1, 0.15) is 37.8 Å². The highest BCUT2D eigenvalue weighted by atomic mass is 16.8. The van der Waals surface area contributed by atoms with Gasteiger partial charge in [0.05, 0.1) is 19.8 Å². The van der Waals surface area contributed by atoms with Crippen molar-refractivity contribution in [3.05, 3.63) is 71.8 Å². The Bertz CT molecular complexity index is 882. The molecule has 2 aromatic rings. The Kier molecular flexibility index (Phi) is 9.14. The number of ketones is 1. The molecule has 178 valence electrons. The smallest absolute Gasteiger partial charge is 0.310 e. The van der Waals surface area contributed by atoms with Gasteiger partial charge in [0, 0.05) is 0 Å². The van der Waals surface area contributed by atoms with Crippen molar-refractivity contribution in [2.75, 3.05) is 13.2 Å². The molecule has 33 heavy (non-hydrogen) atoms. The number of carbonyl (C=O) groups excluding carboxylic acids is 1. The van der Waals surface area contributed by atoms with Gasteiger partial charge in [0.25, 0.3) is 0 Å². The molecule has 7 nitrogen and oxygen atoms in total. The Morgan fingerprint density at radius 3 is 2.12 bits per heavy atom. The predicted molar refractivity (Wildman–Crippen MR) is 122 cm³/mol. The monoisotopic (exact) mass is 456 g/mol. The van der Waals surface area contributed by atoms with Crippen molar-refractivity contribution in [3.8, 4) is 0 Å². The summed E-state index contributed by atoms with van der Waals surface area (Å²) in [6, 6.07) is 19.6. The molecule has 3 rings (SSSR count). The number of ether oxygens (including phenoxy) is 4. The van der Waals surface area contributed by atoms with Crippen LogP contribution in [-0.2, 0) is 41.6 Å². The first-order chi connectivity index (χ1) is 15.8. The van der Waals surface area contributed by atoms with Gasteiger partial charge < -0.3 is 24.1 Å². The molecule has 7 heteroatoms. The van der Waals surface area contributed by atoms with Crippen LogP contribution in [0.3, 0.4) is 0 Å². The number of aliphatic carboxylic acids is 1.